The second-order valence-electron chi connectivity index (χ2n) is 5.95. The van der Waals surface area contributed by atoms with Crippen molar-refractivity contribution in [3.8, 4) is 0 Å². The zero-order valence-corrected chi connectivity index (χ0v) is 11.9. The SMILES string of the molecule is Cc1cc(C(=O)O)nc(N2CCCC2C2CCCC2)n1. The van der Waals surface area contributed by atoms with Gasteiger partial charge in [0, 0.05) is 18.3 Å². The van der Waals surface area contributed by atoms with Crippen molar-refractivity contribution in [1.82, 2.24) is 9.97 Å². The summed E-state index contributed by atoms with van der Waals surface area (Å²) in [6, 6.07) is 2.04. The van der Waals surface area contributed by atoms with Gasteiger partial charge >= 0.3 is 5.97 Å². The molecule has 1 saturated carbocycles. The fourth-order valence-corrected chi connectivity index (χ4v) is 3.66. The van der Waals surface area contributed by atoms with Crippen molar-refractivity contribution in [2.75, 3.05) is 11.4 Å². The molecule has 0 aromatic carbocycles. The number of anilines is 1. The molecule has 2 fully saturated rings. The van der Waals surface area contributed by atoms with Crippen LogP contribution in [-0.4, -0.2) is 33.6 Å². The fraction of sp³-hybridized carbons (Fsp3) is 0.667. The molecule has 2 heterocycles. The minimum Gasteiger partial charge on any atom is -0.477 e. The van der Waals surface area contributed by atoms with Crippen LogP contribution in [0.4, 0.5) is 5.95 Å². The minimum absolute atomic E-state index is 0.101. The Morgan fingerprint density at radius 1 is 1.25 bits per heavy atom. The molecule has 1 aliphatic carbocycles. The van der Waals surface area contributed by atoms with Crippen LogP contribution in [0.3, 0.4) is 0 Å². The van der Waals surface area contributed by atoms with Gasteiger partial charge in [0.25, 0.3) is 0 Å². The van der Waals surface area contributed by atoms with Crippen molar-refractivity contribution in [1.29, 1.82) is 0 Å². The zero-order valence-electron chi connectivity index (χ0n) is 11.9. The molecule has 5 nitrogen and oxygen atoms in total. The van der Waals surface area contributed by atoms with Crippen molar-refractivity contribution >= 4 is 11.9 Å². The monoisotopic (exact) mass is 275 g/mol. The molecule has 0 bridgehead atoms. The van der Waals surface area contributed by atoms with Crippen LogP contribution in [0.25, 0.3) is 0 Å². The molecule has 1 N–H and O–H groups in total. The largest absolute Gasteiger partial charge is 0.477 e. The molecule has 1 atom stereocenters. The Bertz CT molecular complexity index is 512. The summed E-state index contributed by atoms with van der Waals surface area (Å²) in [5, 5.41) is 9.15. The summed E-state index contributed by atoms with van der Waals surface area (Å²) in [5.74, 6) is 0.361. The quantitative estimate of drug-likeness (QED) is 0.918. The second kappa shape index (κ2) is 5.38. The van der Waals surface area contributed by atoms with E-state index in [1.165, 1.54) is 38.2 Å². The van der Waals surface area contributed by atoms with Crippen molar-refractivity contribution < 1.29 is 9.90 Å². The van der Waals surface area contributed by atoms with Gasteiger partial charge in [0.2, 0.25) is 5.95 Å². The number of carboxylic acids is 1. The summed E-state index contributed by atoms with van der Waals surface area (Å²) < 4.78 is 0. The van der Waals surface area contributed by atoms with Gasteiger partial charge in [-0.3, -0.25) is 0 Å². The highest BCUT2D eigenvalue weighted by molar-refractivity contribution is 5.85. The summed E-state index contributed by atoms with van der Waals surface area (Å²) >= 11 is 0. The first-order valence-electron chi connectivity index (χ1n) is 7.51. The predicted molar refractivity (Wildman–Crippen MR) is 76.1 cm³/mol. The van der Waals surface area contributed by atoms with Crippen LogP contribution in [0.1, 0.15) is 54.7 Å². The van der Waals surface area contributed by atoms with E-state index in [2.05, 4.69) is 14.9 Å². The number of carboxylic acid groups (broad SMARTS) is 1. The molecule has 1 unspecified atom stereocenters. The first kappa shape index (κ1) is 13.3. The van der Waals surface area contributed by atoms with E-state index < -0.39 is 5.97 Å². The number of aryl methyl sites for hydroxylation is 1. The van der Waals surface area contributed by atoms with Crippen LogP contribution in [0.5, 0.6) is 0 Å². The van der Waals surface area contributed by atoms with Gasteiger partial charge in [0.05, 0.1) is 0 Å². The molecule has 5 heteroatoms. The van der Waals surface area contributed by atoms with Crippen LogP contribution in [-0.2, 0) is 0 Å². The van der Waals surface area contributed by atoms with E-state index in [1.807, 2.05) is 6.92 Å². The summed E-state index contributed by atoms with van der Waals surface area (Å²) in [5.41, 5.74) is 0.828. The standard InChI is InChI=1S/C15H21N3O2/c1-10-9-12(14(19)20)17-15(16-10)18-8-4-7-13(18)11-5-2-3-6-11/h9,11,13H,2-8H2,1H3,(H,19,20). The molecular formula is C15H21N3O2. The van der Waals surface area contributed by atoms with E-state index in [0.29, 0.717) is 12.0 Å². The molecule has 1 saturated heterocycles. The van der Waals surface area contributed by atoms with Gasteiger partial charge in [-0.2, -0.15) is 0 Å². The van der Waals surface area contributed by atoms with E-state index in [4.69, 9.17) is 5.11 Å². The number of nitrogens with zero attached hydrogens (tertiary/aromatic N) is 3. The fourth-order valence-electron chi connectivity index (χ4n) is 3.66. The van der Waals surface area contributed by atoms with Gasteiger partial charge in [-0.15, -0.1) is 0 Å². The molecule has 108 valence electrons. The lowest BCUT2D eigenvalue weighted by molar-refractivity contribution is 0.0690. The smallest absolute Gasteiger partial charge is 0.354 e. The molecule has 1 aromatic heterocycles. The Kier molecular flexibility index (Phi) is 3.59. The highest BCUT2D eigenvalue weighted by Crippen LogP contribution is 2.36. The first-order valence-corrected chi connectivity index (χ1v) is 7.51. The molecule has 0 amide bonds. The lowest BCUT2D eigenvalue weighted by Gasteiger charge is -2.29. The maximum atomic E-state index is 11.1. The number of hydrogen-bond donors (Lipinski definition) is 1. The Hall–Kier alpha value is -1.65. The summed E-state index contributed by atoms with van der Waals surface area (Å²) in [6.45, 7) is 2.78. The lowest BCUT2D eigenvalue weighted by atomic mass is 9.96. The Balaban J connectivity index is 1.88. The molecule has 1 aliphatic heterocycles. The van der Waals surface area contributed by atoms with E-state index in [-0.39, 0.29) is 5.69 Å². The van der Waals surface area contributed by atoms with Crippen molar-refractivity contribution in [2.24, 2.45) is 5.92 Å². The topological polar surface area (TPSA) is 66.3 Å². The van der Waals surface area contributed by atoms with E-state index >= 15 is 0 Å². The number of aromatic carboxylic acids is 1. The van der Waals surface area contributed by atoms with Crippen LogP contribution < -0.4 is 4.90 Å². The highest BCUT2D eigenvalue weighted by Gasteiger charge is 2.34. The van der Waals surface area contributed by atoms with E-state index in [0.717, 1.165) is 24.6 Å². The number of aromatic nitrogens is 2. The predicted octanol–water partition coefficient (Wildman–Crippen LogP) is 2.64. The normalized spacial score (nSPS) is 23.4. The van der Waals surface area contributed by atoms with Crippen LogP contribution in [0.2, 0.25) is 0 Å². The van der Waals surface area contributed by atoms with Crippen LogP contribution in [0.15, 0.2) is 6.07 Å². The minimum atomic E-state index is -0.978. The van der Waals surface area contributed by atoms with Gasteiger partial charge < -0.3 is 10.0 Å². The van der Waals surface area contributed by atoms with Crippen LogP contribution >= 0.6 is 0 Å². The third-order valence-corrected chi connectivity index (χ3v) is 4.56. The Morgan fingerprint density at radius 3 is 2.70 bits per heavy atom. The van der Waals surface area contributed by atoms with E-state index in [1.54, 1.807) is 0 Å². The molecule has 20 heavy (non-hydrogen) atoms. The average Bonchev–Trinajstić information content (AvgIpc) is 3.08. The maximum absolute atomic E-state index is 11.1. The molecule has 2 aliphatic rings. The number of rotatable bonds is 3. The Morgan fingerprint density at radius 2 is 2.00 bits per heavy atom. The molecule has 0 radical (unpaired) electrons. The van der Waals surface area contributed by atoms with Crippen molar-refractivity contribution in [3.63, 3.8) is 0 Å². The third-order valence-electron chi connectivity index (χ3n) is 4.56. The molecule has 3 rings (SSSR count). The highest BCUT2D eigenvalue weighted by atomic mass is 16.4. The first-order chi connectivity index (χ1) is 9.65. The second-order valence-corrected chi connectivity index (χ2v) is 5.95. The zero-order chi connectivity index (χ0) is 14.1. The summed E-state index contributed by atoms with van der Waals surface area (Å²) in [7, 11) is 0. The van der Waals surface area contributed by atoms with E-state index in [9.17, 15) is 4.79 Å². The third kappa shape index (κ3) is 2.49. The molecular weight excluding hydrogens is 254 g/mol. The Labute approximate surface area is 119 Å². The summed E-state index contributed by atoms with van der Waals surface area (Å²) in [6.07, 6.45) is 7.57. The maximum Gasteiger partial charge on any atom is 0.354 e. The van der Waals surface area contributed by atoms with Gasteiger partial charge in [-0.25, -0.2) is 14.8 Å². The number of carbonyl (C=O) groups is 1. The van der Waals surface area contributed by atoms with Gasteiger partial charge in [-0.05, 0) is 44.6 Å². The average molecular weight is 275 g/mol. The van der Waals surface area contributed by atoms with Crippen LogP contribution in [0, 0.1) is 12.8 Å². The van der Waals surface area contributed by atoms with Gasteiger partial charge in [0.15, 0.2) is 5.69 Å². The molecule has 1 aromatic rings. The lowest BCUT2D eigenvalue weighted by Crippen LogP contribution is -2.36. The van der Waals surface area contributed by atoms with Crippen molar-refractivity contribution in [3.05, 3.63) is 17.5 Å². The molecule has 0 spiro atoms. The van der Waals surface area contributed by atoms with Gasteiger partial charge in [-0.1, -0.05) is 12.8 Å². The van der Waals surface area contributed by atoms with Gasteiger partial charge in [0.1, 0.15) is 0 Å². The number of hydrogen-bond acceptors (Lipinski definition) is 4. The van der Waals surface area contributed by atoms with Crippen molar-refractivity contribution in [2.45, 2.75) is 51.5 Å². The summed E-state index contributed by atoms with van der Waals surface area (Å²) in [4.78, 5) is 22.1.